The van der Waals surface area contributed by atoms with Crippen LogP contribution in [0, 0.1) is 11.3 Å². The van der Waals surface area contributed by atoms with E-state index in [2.05, 4.69) is 0 Å². The third-order valence-electron chi connectivity index (χ3n) is 3.95. The van der Waals surface area contributed by atoms with Crippen LogP contribution < -0.4 is 0 Å². The minimum Gasteiger partial charge on any atom is -0.393 e. The van der Waals surface area contributed by atoms with Gasteiger partial charge in [-0.15, -0.1) is 0 Å². The Morgan fingerprint density at radius 3 is 2.53 bits per heavy atom. The van der Waals surface area contributed by atoms with Crippen molar-refractivity contribution < 1.29 is 14.6 Å². The van der Waals surface area contributed by atoms with Gasteiger partial charge in [0.05, 0.1) is 6.10 Å². The molecule has 4 nitrogen and oxygen atoms in total. The van der Waals surface area contributed by atoms with E-state index in [1.54, 1.807) is 11.8 Å². The number of aliphatic hydroxyl groups excluding tert-OH is 1. The van der Waals surface area contributed by atoms with Gasteiger partial charge in [-0.1, -0.05) is 13.8 Å². The molecule has 1 aliphatic heterocycles. The first-order chi connectivity index (χ1) is 8.83. The fourth-order valence-electron chi connectivity index (χ4n) is 2.76. The van der Waals surface area contributed by atoms with Gasteiger partial charge in [0.1, 0.15) is 0 Å². The summed E-state index contributed by atoms with van der Waals surface area (Å²) < 4.78 is 5.36. The summed E-state index contributed by atoms with van der Waals surface area (Å²) in [6, 6.07) is 0. The van der Waals surface area contributed by atoms with Gasteiger partial charge in [-0.3, -0.25) is 4.79 Å². The zero-order valence-corrected chi connectivity index (χ0v) is 12.8. The molecule has 112 valence electrons. The Morgan fingerprint density at radius 2 is 2.00 bits per heavy atom. The minimum atomic E-state index is -0.353. The molecule has 1 heterocycles. The van der Waals surface area contributed by atoms with Gasteiger partial charge < -0.3 is 14.7 Å². The highest BCUT2D eigenvalue weighted by Gasteiger charge is 2.33. The molecular formula is C15H29NO3. The van der Waals surface area contributed by atoms with Gasteiger partial charge in [-0.2, -0.15) is 0 Å². The standard InChI is InChI=1S/C15H29NO3/c1-12(17)5-8-16(4)14(18)15(2,3)11-13-6-9-19-10-7-13/h12-13,17H,5-11H2,1-4H3. The Labute approximate surface area is 117 Å². The highest BCUT2D eigenvalue weighted by atomic mass is 16.5. The molecule has 0 radical (unpaired) electrons. The molecule has 1 N–H and O–H groups in total. The van der Waals surface area contributed by atoms with Gasteiger partial charge in [0.15, 0.2) is 0 Å². The zero-order chi connectivity index (χ0) is 14.5. The summed E-state index contributed by atoms with van der Waals surface area (Å²) in [5.41, 5.74) is -0.324. The van der Waals surface area contributed by atoms with Gasteiger partial charge in [-0.05, 0) is 38.5 Å². The predicted molar refractivity (Wildman–Crippen MR) is 75.9 cm³/mol. The fraction of sp³-hybridized carbons (Fsp3) is 0.933. The number of carbonyl (C=O) groups excluding carboxylic acids is 1. The van der Waals surface area contributed by atoms with Crippen molar-refractivity contribution in [2.45, 2.75) is 52.6 Å². The van der Waals surface area contributed by atoms with Gasteiger partial charge in [-0.25, -0.2) is 0 Å². The van der Waals surface area contributed by atoms with Crippen molar-refractivity contribution in [1.29, 1.82) is 0 Å². The molecule has 1 amide bonds. The normalized spacial score (nSPS) is 19.2. The van der Waals surface area contributed by atoms with E-state index < -0.39 is 0 Å². The second kappa shape index (κ2) is 7.25. The SMILES string of the molecule is CC(O)CCN(C)C(=O)C(C)(C)CC1CCOCC1. The smallest absolute Gasteiger partial charge is 0.227 e. The molecule has 1 aliphatic rings. The lowest BCUT2D eigenvalue weighted by Crippen LogP contribution is -2.41. The molecular weight excluding hydrogens is 242 g/mol. The first kappa shape index (κ1) is 16.4. The van der Waals surface area contributed by atoms with E-state index >= 15 is 0 Å². The van der Waals surface area contributed by atoms with Crippen molar-refractivity contribution in [3.05, 3.63) is 0 Å². The average Bonchev–Trinajstić information content (AvgIpc) is 2.35. The largest absolute Gasteiger partial charge is 0.393 e. The molecule has 0 aromatic heterocycles. The fourth-order valence-corrected chi connectivity index (χ4v) is 2.76. The van der Waals surface area contributed by atoms with Gasteiger partial charge in [0.25, 0.3) is 0 Å². The minimum absolute atomic E-state index is 0.180. The van der Waals surface area contributed by atoms with E-state index in [0.717, 1.165) is 32.5 Å². The lowest BCUT2D eigenvalue weighted by Gasteiger charge is -2.34. The van der Waals surface area contributed by atoms with Crippen LogP contribution in [0.4, 0.5) is 0 Å². The van der Waals surface area contributed by atoms with Crippen LogP contribution in [0.2, 0.25) is 0 Å². The molecule has 1 unspecified atom stereocenters. The molecule has 0 spiro atoms. The summed E-state index contributed by atoms with van der Waals surface area (Å²) >= 11 is 0. The summed E-state index contributed by atoms with van der Waals surface area (Å²) in [6.45, 7) is 8.09. The maximum Gasteiger partial charge on any atom is 0.227 e. The van der Waals surface area contributed by atoms with Crippen molar-refractivity contribution >= 4 is 5.91 Å². The number of aliphatic hydroxyl groups is 1. The van der Waals surface area contributed by atoms with E-state index in [0.29, 0.717) is 18.9 Å². The first-order valence-electron chi connectivity index (χ1n) is 7.34. The van der Waals surface area contributed by atoms with Crippen LogP contribution in [-0.4, -0.2) is 48.8 Å². The van der Waals surface area contributed by atoms with Crippen molar-refractivity contribution in [3.63, 3.8) is 0 Å². The molecule has 0 aromatic carbocycles. The number of nitrogens with zero attached hydrogens (tertiary/aromatic N) is 1. The Kier molecular flexibility index (Phi) is 6.27. The van der Waals surface area contributed by atoms with Crippen LogP contribution in [0.3, 0.4) is 0 Å². The predicted octanol–water partition coefficient (Wildman–Crippen LogP) is 2.06. The third kappa shape index (κ3) is 5.49. The summed E-state index contributed by atoms with van der Waals surface area (Å²) in [6.07, 6.45) is 3.33. The van der Waals surface area contributed by atoms with Crippen LogP contribution in [0.5, 0.6) is 0 Å². The molecule has 0 aromatic rings. The summed E-state index contributed by atoms with van der Waals surface area (Å²) in [4.78, 5) is 14.2. The summed E-state index contributed by atoms with van der Waals surface area (Å²) in [5, 5.41) is 9.30. The third-order valence-corrected chi connectivity index (χ3v) is 3.95. The van der Waals surface area contributed by atoms with Crippen LogP contribution in [0.1, 0.15) is 46.5 Å². The highest BCUT2D eigenvalue weighted by molar-refractivity contribution is 5.81. The van der Waals surface area contributed by atoms with E-state index in [1.165, 1.54) is 0 Å². The number of rotatable bonds is 6. The van der Waals surface area contributed by atoms with Crippen LogP contribution in [-0.2, 0) is 9.53 Å². The summed E-state index contributed by atoms with van der Waals surface area (Å²) in [7, 11) is 1.83. The Balaban J connectivity index is 2.47. The molecule has 4 heteroatoms. The maximum atomic E-state index is 12.5. The van der Waals surface area contributed by atoms with E-state index in [1.807, 2.05) is 20.9 Å². The quantitative estimate of drug-likeness (QED) is 0.804. The summed E-state index contributed by atoms with van der Waals surface area (Å²) in [5.74, 6) is 0.775. The highest BCUT2D eigenvalue weighted by Crippen LogP contribution is 2.32. The van der Waals surface area contributed by atoms with Crippen LogP contribution >= 0.6 is 0 Å². The Hall–Kier alpha value is -0.610. The molecule has 0 saturated carbocycles. The van der Waals surface area contributed by atoms with Gasteiger partial charge in [0.2, 0.25) is 5.91 Å². The topological polar surface area (TPSA) is 49.8 Å². The van der Waals surface area contributed by atoms with Crippen molar-refractivity contribution in [3.8, 4) is 0 Å². The Morgan fingerprint density at radius 1 is 1.42 bits per heavy atom. The van der Waals surface area contributed by atoms with Crippen molar-refractivity contribution in [2.75, 3.05) is 26.8 Å². The molecule has 1 saturated heterocycles. The zero-order valence-electron chi connectivity index (χ0n) is 12.8. The van der Waals surface area contributed by atoms with Crippen molar-refractivity contribution in [1.82, 2.24) is 4.90 Å². The molecule has 0 bridgehead atoms. The molecule has 1 atom stereocenters. The monoisotopic (exact) mass is 271 g/mol. The average molecular weight is 271 g/mol. The maximum absolute atomic E-state index is 12.5. The first-order valence-corrected chi connectivity index (χ1v) is 7.34. The molecule has 1 fully saturated rings. The number of carbonyl (C=O) groups is 1. The van der Waals surface area contributed by atoms with Crippen molar-refractivity contribution in [2.24, 2.45) is 11.3 Å². The lowest BCUT2D eigenvalue weighted by atomic mass is 9.79. The molecule has 1 rings (SSSR count). The van der Waals surface area contributed by atoms with Gasteiger partial charge >= 0.3 is 0 Å². The van der Waals surface area contributed by atoms with Gasteiger partial charge in [0, 0.05) is 32.2 Å². The number of hydrogen-bond donors (Lipinski definition) is 1. The second-order valence-electron chi connectivity index (χ2n) is 6.51. The van der Waals surface area contributed by atoms with E-state index in [-0.39, 0.29) is 17.4 Å². The molecule has 0 aliphatic carbocycles. The van der Waals surface area contributed by atoms with Crippen LogP contribution in [0.25, 0.3) is 0 Å². The van der Waals surface area contributed by atoms with E-state index in [9.17, 15) is 9.90 Å². The lowest BCUT2D eigenvalue weighted by molar-refractivity contribution is -0.140. The van der Waals surface area contributed by atoms with E-state index in [4.69, 9.17) is 4.74 Å². The molecule has 19 heavy (non-hydrogen) atoms. The second-order valence-corrected chi connectivity index (χ2v) is 6.51. The number of hydrogen-bond acceptors (Lipinski definition) is 3. The number of ether oxygens (including phenoxy) is 1. The number of amides is 1. The Bertz CT molecular complexity index is 283. The van der Waals surface area contributed by atoms with Crippen LogP contribution in [0.15, 0.2) is 0 Å².